The second kappa shape index (κ2) is 9.61. The lowest BCUT2D eigenvalue weighted by atomic mass is 9.85. The molecule has 180 valence electrons. The van der Waals surface area contributed by atoms with Crippen molar-refractivity contribution in [2.75, 3.05) is 7.11 Å². The van der Waals surface area contributed by atoms with Crippen LogP contribution in [0.25, 0.3) is 27.5 Å². The summed E-state index contributed by atoms with van der Waals surface area (Å²) in [7, 11) is 1.44. The number of H-pyrrole nitrogens is 1. The highest BCUT2D eigenvalue weighted by atomic mass is 19.1. The molecule has 0 bridgehead atoms. The molecular weight excluding hydrogens is 429 g/mol. The molecule has 1 N–H and O–H groups in total. The lowest BCUT2D eigenvalue weighted by Gasteiger charge is -2.21. The van der Waals surface area contributed by atoms with E-state index < -0.39 is 0 Å². The van der Waals surface area contributed by atoms with Gasteiger partial charge in [0.15, 0.2) is 0 Å². The van der Waals surface area contributed by atoms with E-state index in [0.717, 1.165) is 52.4 Å². The molecule has 0 aliphatic heterocycles. The van der Waals surface area contributed by atoms with Crippen molar-refractivity contribution >= 4 is 27.8 Å². The van der Waals surface area contributed by atoms with Gasteiger partial charge in [-0.2, -0.15) is 5.10 Å². The molecule has 2 heterocycles. The lowest BCUT2D eigenvalue weighted by molar-refractivity contribution is -0.140. The van der Waals surface area contributed by atoms with E-state index in [1.807, 2.05) is 19.1 Å². The number of ether oxygens (including phenoxy) is 1. The molecule has 0 saturated carbocycles. The molecule has 0 aliphatic rings. The number of rotatable bonds is 8. The highest BCUT2D eigenvalue weighted by Crippen LogP contribution is 2.43. The van der Waals surface area contributed by atoms with Gasteiger partial charge in [-0.25, -0.2) is 4.39 Å². The van der Waals surface area contributed by atoms with E-state index in [9.17, 15) is 9.18 Å². The van der Waals surface area contributed by atoms with Crippen LogP contribution in [0.15, 0.2) is 30.3 Å². The number of aromatic nitrogens is 3. The van der Waals surface area contributed by atoms with Crippen LogP contribution in [-0.4, -0.2) is 27.8 Å². The van der Waals surface area contributed by atoms with Crippen LogP contribution >= 0.6 is 0 Å². The Hall–Kier alpha value is -3.15. The largest absolute Gasteiger partial charge is 0.469 e. The number of benzene rings is 2. The number of methoxy groups -OCH3 is 1. The van der Waals surface area contributed by atoms with Gasteiger partial charge in [0.2, 0.25) is 0 Å². The number of aromatic amines is 1. The maximum Gasteiger partial charge on any atom is 0.305 e. The van der Waals surface area contributed by atoms with Gasteiger partial charge in [0.05, 0.1) is 23.8 Å². The van der Waals surface area contributed by atoms with Crippen LogP contribution in [0.4, 0.5) is 4.39 Å². The Morgan fingerprint density at radius 3 is 2.56 bits per heavy atom. The number of esters is 1. The van der Waals surface area contributed by atoms with Gasteiger partial charge in [-0.3, -0.25) is 9.89 Å². The quantitative estimate of drug-likeness (QED) is 0.281. The summed E-state index contributed by atoms with van der Waals surface area (Å²) in [6.45, 7) is 10.4. The van der Waals surface area contributed by atoms with E-state index in [1.54, 1.807) is 13.0 Å². The van der Waals surface area contributed by atoms with Crippen molar-refractivity contribution in [3.63, 3.8) is 0 Å². The Bertz CT molecular complexity index is 1350. The van der Waals surface area contributed by atoms with Crippen LogP contribution in [-0.2, 0) is 9.53 Å². The van der Waals surface area contributed by atoms with Crippen LogP contribution in [0.2, 0.25) is 0 Å². The minimum atomic E-state index is -0.207. The number of halogens is 1. The molecule has 4 aromatic rings. The Labute approximate surface area is 200 Å². The van der Waals surface area contributed by atoms with Crippen molar-refractivity contribution in [2.45, 2.75) is 72.1 Å². The molecule has 2 aromatic carbocycles. The number of nitrogens with zero attached hydrogens (tertiary/aromatic N) is 2. The zero-order chi connectivity index (χ0) is 24.6. The van der Waals surface area contributed by atoms with Gasteiger partial charge < -0.3 is 9.30 Å². The van der Waals surface area contributed by atoms with E-state index in [-0.39, 0.29) is 23.6 Å². The standard InChI is InChI=1S/C28H34FN3O2/c1-7-8-19(9-12-26(33)34-6)27-22-14-24-21(18(5)30-31-24)15-25(22)32(28(27)16(2)3)20-10-11-23(29)17(4)13-20/h10-11,13-16,19H,7-9,12H2,1-6H3,(H,30,31). The Kier molecular flexibility index (Phi) is 6.78. The predicted octanol–water partition coefficient (Wildman–Crippen LogP) is 7.22. The number of nitrogens with one attached hydrogen (secondary N) is 1. The van der Waals surface area contributed by atoms with Gasteiger partial charge in [-0.05, 0) is 80.0 Å². The van der Waals surface area contributed by atoms with Crippen LogP contribution < -0.4 is 0 Å². The van der Waals surface area contributed by atoms with E-state index in [0.29, 0.717) is 12.0 Å². The molecule has 6 heteroatoms. The van der Waals surface area contributed by atoms with Crippen LogP contribution in [0.5, 0.6) is 0 Å². The topological polar surface area (TPSA) is 59.9 Å². The predicted molar refractivity (Wildman–Crippen MR) is 135 cm³/mol. The number of carbonyl (C=O) groups is 1. The van der Waals surface area contributed by atoms with Crippen molar-refractivity contribution in [2.24, 2.45) is 0 Å². The average molecular weight is 464 g/mol. The Balaban J connectivity index is 2.07. The molecule has 5 nitrogen and oxygen atoms in total. The Morgan fingerprint density at radius 1 is 1.15 bits per heavy atom. The first-order chi connectivity index (χ1) is 16.3. The molecule has 0 saturated heterocycles. The minimum Gasteiger partial charge on any atom is -0.469 e. The molecule has 1 atom stereocenters. The summed E-state index contributed by atoms with van der Waals surface area (Å²) in [6.07, 6.45) is 3.09. The van der Waals surface area contributed by atoms with Gasteiger partial charge in [-0.15, -0.1) is 0 Å². The summed E-state index contributed by atoms with van der Waals surface area (Å²) >= 11 is 0. The normalized spacial score (nSPS) is 12.7. The van der Waals surface area contributed by atoms with Crippen LogP contribution in [0, 0.1) is 19.7 Å². The molecule has 0 spiro atoms. The van der Waals surface area contributed by atoms with Crippen molar-refractivity contribution in [3.8, 4) is 5.69 Å². The first kappa shape index (κ1) is 24.0. The van der Waals surface area contributed by atoms with Crippen molar-refractivity contribution < 1.29 is 13.9 Å². The minimum absolute atomic E-state index is 0.184. The molecule has 0 radical (unpaired) electrons. The fraction of sp³-hybridized carbons (Fsp3) is 0.429. The zero-order valence-electron chi connectivity index (χ0n) is 21.0. The molecule has 0 fully saturated rings. The number of hydrogen-bond donors (Lipinski definition) is 1. The van der Waals surface area contributed by atoms with E-state index in [1.165, 1.54) is 18.4 Å². The highest BCUT2D eigenvalue weighted by molar-refractivity contribution is 6.00. The second-order valence-corrected chi connectivity index (χ2v) is 9.55. The zero-order valence-corrected chi connectivity index (χ0v) is 21.0. The third-order valence-electron chi connectivity index (χ3n) is 6.83. The van der Waals surface area contributed by atoms with Gasteiger partial charge in [0, 0.05) is 28.6 Å². The maximum absolute atomic E-state index is 14.2. The van der Waals surface area contributed by atoms with Gasteiger partial charge in [-0.1, -0.05) is 27.2 Å². The number of hydrogen-bond acceptors (Lipinski definition) is 3. The summed E-state index contributed by atoms with van der Waals surface area (Å²) in [5, 5.41) is 9.82. The van der Waals surface area contributed by atoms with Crippen LogP contribution in [0.3, 0.4) is 0 Å². The van der Waals surface area contributed by atoms with Gasteiger partial charge in [0.25, 0.3) is 0 Å². The molecule has 34 heavy (non-hydrogen) atoms. The molecular formula is C28H34FN3O2. The summed E-state index contributed by atoms with van der Waals surface area (Å²) in [6, 6.07) is 9.70. The summed E-state index contributed by atoms with van der Waals surface area (Å²) in [5.41, 5.74) is 7.07. The SMILES string of the molecule is CCCC(CCC(=O)OC)c1c(C(C)C)n(-c2ccc(F)c(C)c2)c2cc3c(C)n[nH]c3cc12. The second-order valence-electron chi connectivity index (χ2n) is 9.55. The number of carbonyl (C=O) groups excluding carboxylic acids is 1. The van der Waals surface area contributed by atoms with E-state index >= 15 is 0 Å². The van der Waals surface area contributed by atoms with E-state index in [2.05, 4.69) is 47.7 Å². The third kappa shape index (κ3) is 4.22. The first-order valence-electron chi connectivity index (χ1n) is 12.1. The smallest absolute Gasteiger partial charge is 0.305 e. The summed E-state index contributed by atoms with van der Waals surface area (Å²) in [5.74, 6) is 0.0364. The van der Waals surface area contributed by atoms with Crippen molar-refractivity contribution in [1.82, 2.24) is 14.8 Å². The van der Waals surface area contributed by atoms with Crippen LogP contribution in [0.1, 0.15) is 80.8 Å². The van der Waals surface area contributed by atoms with E-state index in [4.69, 9.17) is 4.74 Å². The fourth-order valence-electron chi connectivity index (χ4n) is 5.19. The maximum atomic E-state index is 14.2. The Morgan fingerprint density at radius 2 is 1.91 bits per heavy atom. The lowest BCUT2D eigenvalue weighted by Crippen LogP contribution is -2.10. The summed E-state index contributed by atoms with van der Waals surface area (Å²) in [4.78, 5) is 12.0. The van der Waals surface area contributed by atoms with Gasteiger partial charge >= 0.3 is 5.97 Å². The number of fused-ring (bicyclic) bond motifs is 2. The summed E-state index contributed by atoms with van der Waals surface area (Å²) < 4.78 is 21.4. The molecule has 4 rings (SSSR count). The fourth-order valence-corrected chi connectivity index (χ4v) is 5.19. The molecule has 0 aliphatic carbocycles. The first-order valence-corrected chi connectivity index (χ1v) is 12.1. The van der Waals surface area contributed by atoms with Gasteiger partial charge in [0.1, 0.15) is 5.82 Å². The molecule has 0 amide bonds. The van der Waals surface area contributed by atoms with Crippen molar-refractivity contribution in [3.05, 3.63) is 58.7 Å². The molecule has 1 unspecified atom stereocenters. The monoisotopic (exact) mass is 463 g/mol. The highest BCUT2D eigenvalue weighted by Gasteiger charge is 2.27. The average Bonchev–Trinajstić information content (AvgIpc) is 3.34. The molecule has 2 aromatic heterocycles. The van der Waals surface area contributed by atoms with Crippen molar-refractivity contribution in [1.29, 1.82) is 0 Å². The third-order valence-corrected chi connectivity index (χ3v) is 6.83. The number of aryl methyl sites for hydroxylation is 2.